The third-order valence-corrected chi connectivity index (χ3v) is 9.72. The van der Waals surface area contributed by atoms with E-state index >= 15 is 0 Å². The van der Waals surface area contributed by atoms with E-state index in [4.69, 9.17) is 9.97 Å². The van der Waals surface area contributed by atoms with Crippen LogP contribution in [0.15, 0.2) is 18.2 Å². The fraction of sp³-hybridized carbons (Fsp3) is 0.474. The predicted molar refractivity (Wildman–Crippen MR) is 184 cm³/mol. The van der Waals surface area contributed by atoms with Crippen LogP contribution in [-0.2, 0) is 25.7 Å². The number of allylic oxidation sites excluding steroid dienone is 4. The zero-order chi connectivity index (χ0) is 33.5. The van der Waals surface area contributed by atoms with Gasteiger partial charge in [-0.1, -0.05) is 55.4 Å². The summed E-state index contributed by atoms with van der Waals surface area (Å²) in [5.74, 6) is 0. The summed E-state index contributed by atoms with van der Waals surface area (Å²) in [4.78, 5) is 17.3. The standard InChI is InChI=1S/C38H47F3N4O/c1-9-20-22(11-3)30-18-32-24(13-5)26(15-7)35(44-32)34(37(46)38(39,40)41)36-27(16-8)25(14-6)33(45-36)19-31-23(12-4)21(10-2)29(43-31)17-28(20)42-30/h17-19,37,42-43,46H,9-16H2,1-8H3. The van der Waals surface area contributed by atoms with E-state index in [-0.39, 0.29) is 17.0 Å². The zero-order valence-corrected chi connectivity index (χ0v) is 28.4. The van der Waals surface area contributed by atoms with Crippen LogP contribution in [0, 0.1) is 0 Å². The number of aliphatic hydroxyl groups excluding tert-OH is 1. The molecular weight excluding hydrogens is 585 g/mol. The maximum absolute atomic E-state index is 14.6. The molecule has 0 aliphatic carbocycles. The van der Waals surface area contributed by atoms with Crippen molar-refractivity contribution in [3.63, 3.8) is 0 Å². The van der Waals surface area contributed by atoms with Gasteiger partial charge in [-0.05, 0) is 114 Å². The van der Waals surface area contributed by atoms with E-state index in [9.17, 15) is 18.3 Å². The zero-order valence-electron chi connectivity index (χ0n) is 28.4. The van der Waals surface area contributed by atoms with Crippen LogP contribution in [0.4, 0.5) is 13.2 Å². The monoisotopic (exact) mass is 632 g/mol. The van der Waals surface area contributed by atoms with Gasteiger partial charge in [0.2, 0.25) is 0 Å². The number of aliphatic hydroxyl groups is 1. The first-order valence-electron chi connectivity index (χ1n) is 17.0. The predicted octanol–water partition coefficient (Wildman–Crippen LogP) is 10.6. The quantitative estimate of drug-likeness (QED) is 0.220. The Hall–Kier alpha value is -3.65. The highest BCUT2D eigenvalue weighted by molar-refractivity contribution is 5.98. The Kier molecular flexibility index (Phi) is 9.69. The summed E-state index contributed by atoms with van der Waals surface area (Å²) in [6.45, 7) is 16.5. The van der Waals surface area contributed by atoms with Crippen molar-refractivity contribution < 1.29 is 18.3 Å². The first kappa shape index (κ1) is 33.7. The molecule has 0 fully saturated rings. The van der Waals surface area contributed by atoms with Crippen molar-refractivity contribution >= 4 is 44.4 Å². The molecule has 3 aromatic rings. The largest absolute Gasteiger partial charge is 0.418 e. The molecule has 0 saturated carbocycles. The van der Waals surface area contributed by atoms with Gasteiger partial charge in [0.05, 0.1) is 22.8 Å². The van der Waals surface area contributed by atoms with Gasteiger partial charge in [0.15, 0.2) is 6.10 Å². The molecule has 0 radical (unpaired) electrons. The number of fused-ring (bicyclic) bond motifs is 8. The first-order valence-corrected chi connectivity index (χ1v) is 17.0. The number of H-pyrrole nitrogens is 2. The van der Waals surface area contributed by atoms with Crippen molar-refractivity contribution in [3.8, 4) is 0 Å². The average molecular weight is 633 g/mol. The summed E-state index contributed by atoms with van der Waals surface area (Å²) >= 11 is 0. The van der Waals surface area contributed by atoms with Gasteiger partial charge >= 0.3 is 6.18 Å². The maximum Gasteiger partial charge on any atom is 0.418 e. The van der Waals surface area contributed by atoms with E-state index in [1.54, 1.807) is 0 Å². The van der Waals surface area contributed by atoms with E-state index in [1.165, 1.54) is 22.3 Å². The number of nitrogens with one attached hydrogen (secondary N) is 2. The molecule has 3 aromatic heterocycles. The van der Waals surface area contributed by atoms with Gasteiger partial charge < -0.3 is 15.1 Å². The summed E-state index contributed by atoms with van der Waals surface area (Å²) in [7, 11) is 0. The third-order valence-electron chi connectivity index (χ3n) is 9.72. The number of alkyl halides is 3. The molecule has 46 heavy (non-hydrogen) atoms. The third kappa shape index (κ3) is 5.52. The number of rotatable bonds is 9. The average Bonchev–Trinajstić information content (AvgIpc) is 3.75. The second-order valence-corrected chi connectivity index (χ2v) is 12.0. The molecule has 246 valence electrons. The Labute approximate surface area is 270 Å². The van der Waals surface area contributed by atoms with Crippen LogP contribution in [0.3, 0.4) is 0 Å². The van der Waals surface area contributed by atoms with E-state index in [0.717, 1.165) is 70.0 Å². The minimum Gasteiger partial charge on any atom is -0.379 e. The molecule has 8 bridgehead atoms. The number of aromatic amines is 2. The Bertz CT molecular complexity index is 1760. The molecule has 0 aromatic carbocycles. The van der Waals surface area contributed by atoms with E-state index < -0.39 is 12.3 Å². The highest BCUT2D eigenvalue weighted by atomic mass is 19.4. The Morgan fingerprint density at radius 2 is 0.870 bits per heavy atom. The van der Waals surface area contributed by atoms with Crippen molar-refractivity contribution in [1.82, 2.24) is 19.9 Å². The van der Waals surface area contributed by atoms with Gasteiger partial charge in [-0.25, -0.2) is 9.97 Å². The summed E-state index contributed by atoms with van der Waals surface area (Å²) in [6.07, 6.45) is -2.24. The number of aromatic nitrogens is 4. The molecule has 2 aliphatic rings. The lowest BCUT2D eigenvalue weighted by atomic mass is 9.91. The molecule has 5 nitrogen and oxygen atoms in total. The lowest BCUT2D eigenvalue weighted by Gasteiger charge is -2.19. The van der Waals surface area contributed by atoms with Crippen molar-refractivity contribution in [3.05, 3.63) is 68.8 Å². The van der Waals surface area contributed by atoms with Crippen molar-refractivity contribution in [2.45, 2.75) is 119 Å². The summed E-state index contributed by atoms with van der Waals surface area (Å²) < 4.78 is 43.8. The lowest BCUT2D eigenvalue weighted by Crippen LogP contribution is -2.23. The Morgan fingerprint density at radius 3 is 1.15 bits per heavy atom. The van der Waals surface area contributed by atoms with Gasteiger partial charge in [-0.3, -0.25) is 0 Å². The molecule has 3 N–H and O–H groups in total. The number of aryl methyl sites for hydroxylation is 4. The number of hydrogen-bond acceptors (Lipinski definition) is 3. The fourth-order valence-corrected chi connectivity index (χ4v) is 7.64. The molecule has 0 amide bonds. The molecule has 1 unspecified atom stereocenters. The van der Waals surface area contributed by atoms with Crippen LogP contribution in [0.2, 0.25) is 0 Å². The Balaban J connectivity index is 2.14. The van der Waals surface area contributed by atoms with Gasteiger partial charge in [-0.2, -0.15) is 13.2 Å². The molecule has 8 heteroatoms. The van der Waals surface area contributed by atoms with Crippen LogP contribution in [-0.4, -0.2) is 31.2 Å². The highest BCUT2D eigenvalue weighted by Gasteiger charge is 2.44. The van der Waals surface area contributed by atoms with Crippen LogP contribution in [0.1, 0.15) is 138 Å². The minimum atomic E-state index is -4.90. The topological polar surface area (TPSA) is 77.6 Å². The molecule has 0 spiro atoms. The highest BCUT2D eigenvalue weighted by Crippen LogP contribution is 2.46. The van der Waals surface area contributed by atoms with Gasteiger partial charge in [-0.15, -0.1) is 0 Å². The first-order chi connectivity index (χ1) is 22.0. The second kappa shape index (κ2) is 13.2. The van der Waals surface area contributed by atoms with E-state index in [0.29, 0.717) is 37.1 Å². The van der Waals surface area contributed by atoms with Crippen LogP contribution >= 0.6 is 0 Å². The van der Waals surface area contributed by atoms with Gasteiger partial charge in [0, 0.05) is 27.6 Å². The molecule has 0 saturated heterocycles. The number of nitrogens with zero attached hydrogens (tertiary/aromatic N) is 2. The van der Waals surface area contributed by atoms with Crippen molar-refractivity contribution in [1.29, 1.82) is 0 Å². The van der Waals surface area contributed by atoms with Crippen LogP contribution in [0.5, 0.6) is 0 Å². The second-order valence-electron chi connectivity index (χ2n) is 12.0. The van der Waals surface area contributed by atoms with Crippen LogP contribution < -0.4 is 0 Å². The van der Waals surface area contributed by atoms with Crippen molar-refractivity contribution in [2.75, 3.05) is 0 Å². The van der Waals surface area contributed by atoms with E-state index in [2.05, 4.69) is 43.7 Å². The van der Waals surface area contributed by atoms with E-state index in [1.807, 2.05) is 39.8 Å². The normalized spacial score (nSPS) is 14.5. The molecular formula is C38H47F3N4O. The smallest absolute Gasteiger partial charge is 0.379 e. The number of halogens is 3. The number of hydrogen-bond donors (Lipinski definition) is 3. The molecule has 5 heterocycles. The minimum absolute atomic E-state index is 0.195. The van der Waals surface area contributed by atoms with Crippen molar-refractivity contribution in [2.24, 2.45) is 0 Å². The molecule has 2 aliphatic heterocycles. The van der Waals surface area contributed by atoms with Gasteiger partial charge in [0.1, 0.15) is 0 Å². The SMILES string of the molecule is CCC1=C(CC)c2nc1cc1[nH]c(cc3[nH]c(cc4nc(c2C(O)C(F)(F)F)C(CC)=C4CC)c(CC)c3CC)c(CC)c1CC. The molecule has 5 rings (SSSR count). The lowest BCUT2D eigenvalue weighted by molar-refractivity contribution is -0.207. The maximum atomic E-state index is 14.6. The molecule has 1 atom stereocenters. The summed E-state index contributed by atoms with van der Waals surface area (Å²) in [5.41, 5.74) is 13.4. The van der Waals surface area contributed by atoms with Gasteiger partial charge in [0.25, 0.3) is 0 Å². The fourth-order valence-electron chi connectivity index (χ4n) is 7.64. The summed E-state index contributed by atoms with van der Waals surface area (Å²) in [5, 5.41) is 11.1. The Morgan fingerprint density at radius 1 is 0.543 bits per heavy atom. The summed E-state index contributed by atoms with van der Waals surface area (Å²) in [6, 6.07) is 6.20. The van der Waals surface area contributed by atoms with Crippen LogP contribution in [0.25, 0.3) is 44.4 Å².